The van der Waals surface area contributed by atoms with Gasteiger partial charge < -0.3 is 4.42 Å². The minimum Gasteiger partial charge on any atom is -0.457 e. The molecule has 0 saturated carbocycles. The molecular weight excluding hydrogens is 372 g/mol. The Morgan fingerprint density at radius 3 is 2.85 bits per heavy atom. The lowest BCUT2D eigenvalue weighted by Gasteiger charge is -2.21. The highest BCUT2D eigenvalue weighted by Crippen LogP contribution is 2.35. The molecule has 6 nitrogen and oxygen atoms in total. The summed E-state index contributed by atoms with van der Waals surface area (Å²) in [5, 5.41) is 10.9. The van der Waals surface area contributed by atoms with E-state index in [-0.39, 0.29) is 17.6 Å². The first kappa shape index (κ1) is 18.3. The number of carbonyl (C=O) groups excluding carboxylic acids is 1. The minimum absolute atomic E-state index is 0.00475. The molecule has 1 aliphatic heterocycles. The molecule has 1 fully saturated rings. The van der Waals surface area contributed by atoms with Crippen LogP contribution in [0, 0.1) is 10.1 Å². The molecule has 1 aromatic heterocycles. The van der Waals surface area contributed by atoms with Crippen molar-refractivity contribution in [2.24, 2.45) is 0 Å². The van der Waals surface area contributed by atoms with Crippen molar-refractivity contribution in [1.29, 1.82) is 0 Å². The first-order chi connectivity index (χ1) is 12.4. The highest BCUT2D eigenvalue weighted by Gasteiger charge is 2.34. The minimum atomic E-state index is -0.451. The number of furan rings is 1. The van der Waals surface area contributed by atoms with Gasteiger partial charge >= 0.3 is 0 Å². The average molecular weight is 388 g/mol. The van der Waals surface area contributed by atoms with E-state index in [2.05, 4.69) is 0 Å². The van der Waals surface area contributed by atoms with Crippen LogP contribution in [0.15, 0.2) is 45.7 Å². The fourth-order valence-electron chi connectivity index (χ4n) is 2.53. The zero-order chi connectivity index (χ0) is 18.8. The van der Waals surface area contributed by atoms with Crippen molar-refractivity contribution in [3.05, 3.63) is 57.2 Å². The Morgan fingerprint density at radius 1 is 1.38 bits per heavy atom. The number of hydrogen-bond donors (Lipinski definition) is 0. The molecule has 0 N–H and O–H groups in total. The van der Waals surface area contributed by atoms with Gasteiger partial charge in [0.1, 0.15) is 15.8 Å². The van der Waals surface area contributed by atoms with Gasteiger partial charge in [-0.05, 0) is 25.5 Å². The Morgan fingerprint density at radius 2 is 2.15 bits per heavy atom. The molecule has 0 spiro atoms. The third kappa shape index (κ3) is 3.56. The summed E-state index contributed by atoms with van der Waals surface area (Å²) in [5.74, 6) is 0.871. The van der Waals surface area contributed by atoms with Gasteiger partial charge in [0.2, 0.25) is 0 Å². The van der Waals surface area contributed by atoms with Gasteiger partial charge in [0.15, 0.2) is 0 Å². The number of nitro groups is 1. The van der Waals surface area contributed by atoms with Crippen LogP contribution in [0.4, 0.5) is 5.69 Å². The van der Waals surface area contributed by atoms with Crippen LogP contribution in [0.25, 0.3) is 17.4 Å². The Kier molecular flexibility index (Phi) is 5.24. The number of benzene rings is 1. The number of hydrogen-bond acceptors (Lipinski definition) is 6. The highest BCUT2D eigenvalue weighted by atomic mass is 32.2. The average Bonchev–Trinajstić information content (AvgIpc) is 3.19. The lowest BCUT2D eigenvalue weighted by molar-refractivity contribution is -0.384. The second-order valence-corrected chi connectivity index (χ2v) is 7.49. The summed E-state index contributed by atoms with van der Waals surface area (Å²) in [6.07, 6.45) is 2.47. The van der Waals surface area contributed by atoms with Crippen LogP contribution in [0.3, 0.4) is 0 Å². The molecular formula is C18H16N2O4S2. The second-order valence-electron chi connectivity index (χ2n) is 5.82. The quantitative estimate of drug-likeness (QED) is 0.315. The predicted molar refractivity (Wildman–Crippen MR) is 106 cm³/mol. The van der Waals surface area contributed by atoms with Gasteiger partial charge in [0, 0.05) is 29.8 Å². The molecule has 2 aromatic rings. The smallest absolute Gasteiger partial charge is 0.270 e. The summed E-state index contributed by atoms with van der Waals surface area (Å²) in [4.78, 5) is 25.1. The van der Waals surface area contributed by atoms with Crippen LogP contribution < -0.4 is 0 Å². The van der Waals surface area contributed by atoms with Crippen molar-refractivity contribution in [2.45, 2.75) is 26.3 Å². The summed E-state index contributed by atoms with van der Waals surface area (Å²) >= 11 is 6.56. The summed E-state index contributed by atoms with van der Waals surface area (Å²) in [7, 11) is 0. The Hall–Kier alpha value is -2.45. The largest absolute Gasteiger partial charge is 0.457 e. The van der Waals surface area contributed by atoms with Crippen LogP contribution in [0.2, 0.25) is 0 Å². The Labute approximate surface area is 160 Å². The fraction of sp³-hybridized carbons (Fsp3) is 0.222. The molecule has 8 heteroatoms. The molecule has 1 unspecified atom stereocenters. The van der Waals surface area contributed by atoms with Gasteiger partial charge in [-0.25, -0.2) is 0 Å². The number of thiocarbonyl (C=S) groups is 1. The molecule has 3 rings (SSSR count). The van der Waals surface area contributed by atoms with E-state index in [4.69, 9.17) is 16.6 Å². The van der Waals surface area contributed by atoms with Crippen LogP contribution >= 0.6 is 24.0 Å². The van der Waals surface area contributed by atoms with Gasteiger partial charge in [-0.3, -0.25) is 19.8 Å². The van der Waals surface area contributed by atoms with Crippen LogP contribution in [0.1, 0.15) is 26.0 Å². The maximum Gasteiger partial charge on any atom is 0.270 e. The van der Waals surface area contributed by atoms with E-state index < -0.39 is 4.92 Å². The number of nitro benzene ring substituents is 1. The van der Waals surface area contributed by atoms with E-state index >= 15 is 0 Å². The Balaban J connectivity index is 1.86. The van der Waals surface area contributed by atoms with Crippen LogP contribution in [0.5, 0.6) is 0 Å². The summed E-state index contributed by atoms with van der Waals surface area (Å²) < 4.78 is 6.29. The number of rotatable bonds is 5. The summed E-state index contributed by atoms with van der Waals surface area (Å²) in [6.45, 7) is 3.96. The first-order valence-electron chi connectivity index (χ1n) is 8.02. The lowest BCUT2D eigenvalue weighted by atomic mass is 10.1. The standard InChI is InChI=1S/C18H16N2O4S2/c1-3-11(2)19-17(21)16(26-18(19)25)10-14-7-8-15(24-14)12-5-4-6-13(9-12)20(22)23/h4-11H,3H2,1-2H3/b16-10+. The van der Waals surface area contributed by atoms with Gasteiger partial charge in [0.25, 0.3) is 11.6 Å². The van der Waals surface area contributed by atoms with Crippen molar-refractivity contribution in [3.63, 3.8) is 0 Å². The van der Waals surface area contributed by atoms with E-state index in [9.17, 15) is 14.9 Å². The fourth-order valence-corrected chi connectivity index (χ4v) is 3.97. The lowest BCUT2D eigenvalue weighted by Crippen LogP contribution is -2.36. The van der Waals surface area contributed by atoms with E-state index in [1.807, 2.05) is 13.8 Å². The molecule has 1 atom stereocenters. The molecule has 26 heavy (non-hydrogen) atoms. The molecule has 134 valence electrons. The zero-order valence-electron chi connectivity index (χ0n) is 14.2. The second kappa shape index (κ2) is 7.43. The molecule has 1 aliphatic rings. The third-order valence-corrected chi connectivity index (χ3v) is 5.43. The van der Waals surface area contributed by atoms with Crippen molar-refractivity contribution < 1.29 is 14.1 Å². The number of amides is 1. The predicted octanol–water partition coefficient (Wildman–Crippen LogP) is 4.85. The van der Waals surface area contributed by atoms with Crippen LogP contribution in [-0.4, -0.2) is 26.1 Å². The van der Waals surface area contributed by atoms with E-state index in [1.54, 1.807) is 35.2 Å². The third-order valence-electron chi connectivity index (χ3n) is 4.10. The number of thioether (sulfide) groups is 1. The highest BCUT2D eigenvalue weighted by molar-refractivity contribution is 8.26. The summed E-state index contributed by atoms with van der Waals surface area (Å²) in [5.41, 5.74) is 0.598. The molecule has 1 saturated heterocycles. The summed E-state index contributed by atoms with van der Waals surface area (Å²) in [6, 6.07) is 9.71. The topological polar surface area (TPSA) is 76.6 Å². The van der Waals surface area contributed by atoms with Crippen molar-refractivity contribution in [2.75, 3.05) is 0 Å². The molecule has 0 radical (unpaired) electrons. The Bertz CT molecular complexity index is 919. The normalized spacial score (nSPS) is 17.2. The molecule has 0 aliphatic carbocycles. The monoisotopic (exact) mass is 388 g/mol. The zero-order valence-corrected chi connectivity index (χ0v) is 15.8. The van der Waals surface area contributed by atoms with E-state index in [0.29, 0.717) is 26.3 Å². The first-order valence-corrected chi connectivity index (χ1v) is 9.25. The van der Waals surface area contributed by atoms with E-state index in [1.165, 1.54) is 23.9 Å². The molecule has 2 heterocycles. The van der Waals surface area contributed by atoms with Gasteiger partial charge in [0.05, 0.1) is 9.83 Å². The van der Waals surface area contributed by atoms with Crippen molar-refractivity contribution in [1.82, 2.24) is 4.90 Å². The van der Waals surface area contributed by atoms with Gasteiger partial charge in [-0.2, -0.15) is 0 Å². The maximum absolute atomic E-state index is 12.5. The van der Waals surface area contributed by atoms with Crippen molar-refractivity contribution >= 4 is 46.0 Å². The number of nitrogens with zero attached hydrogens (tertiary/aromatic N) is 2. The SMILES string of the molecule is CCC(C)N1C(=O)/C(=C\c2ccc(-c3cccc([N+](=O)[O-])c3)o2)SC1=S. The molecule has 1 amide bonds. The molecule has 1 aromatic carbocycles. The molecule has 0 bridgehead atoms. The van der Waals surface area contributed by atoms with E-state index in [0.717, 1.165) is 6.42 Å². The van der Waals surface area contributed by atoms with Gasteiger partial charge in [-0.15, -0.1) is 0 Å². The van der Waals surface area contributed by atoms with Crippen molar-refractivity contribution in [3.8, 4) is 11.3 Å². The maximum atomic E-state index is 12.5. The van der Waals surface area contributed by atoms with Gasteiger partial charge in [-0.1, -0.05) is 43.0 Å². The number of carbonyl (C=O) groups is 1. The number of non-ortho nitro benzene ring substituents is 1. The van der Waals surface area contributed by atoms with Crippen LogP contribution in [-0.2, 0) is 4.79 Å².